The van der Waals surface area contributed by atoms with Gasteiger partial charge in [0.25, 0.3) is 0 Å². The maximum Gasteiger partial charge on any atom is -0.870 e. The van der Waals surface area contributed by atoms with Crippen LogP contribution in [0.15, 0.2) is 0 Å². The van der Waals surface area contributed by atoms with Gasteiger partial charge >= 0.3 is 49.2 Å². The van der Waals surface area contributed by atoms with E-state index >= 15 is 0 Å². The quantitative estimate of drug-likeness (QED) is 0.561. The van der Waals surface area contributed by atoms with E-state index in [2.05, 4.69) is 6.92 Å². The van der Waals surface area contributed by atoms with E-state index in [1.165, 1.54) is 12.8 Å². The Morgan fingerprint density at radius 1 is 1.38 bits per heavy atom. The Kier molecular flexibility index (Phi) is 31.0. The molecule has 0 atom stereocenters. The van der Waals surface area contributed by atoms with Crippen LogP contribution in [0, 0.1) is 0 Å². The summed E-state index contributed by atoms with van der Waals surface area (Å²) in [5.41, 5.74) is 0. The molecule has 0 radical (unpaired) electrons. The normalized spacial score (nSPS) is 5.75. The van der Waals surface area contributed by atoms with E-state index in [0.29, 0.717) is 0 Å². The molecule has 3 nitrogen and oxygen atoms in total. The van der Waals surface area contributed by atoms with Gasteiger partial charge in [-0.15, -0.1) is 0 Å². The Morgan fingerprint density at radius 3 is 2.00 bits per heavy atom. The van der Waals surface area contributed by atoms with Gasteiger partial charge in [0.05, 0.1) is 0 Å². The Bertz CT molecular complexity index is 23.2. The first-order valence-corrected chi connectivity index (χ1v) is 5.58. The zero-order valence-electron chi connectivity index (χ0n) is 4.96. The van der Waals surface area contributed by atoms with E-state index < -0.39 is 21.6 Å². The predicted octanol–water partition coefficient (Wildman–Crippen LogP) is 0.463. The fraction of sp³-hybridized carbons (Fsp3) is 1.00. The molecule has 0 aromatic rings. The van der Waals surface area contributed by atoms with Gasteiger partial charge in [0.1, 0.15) is 0 Å². The third-order valence-corrected chi connectivity index (χ3v) is 2.29. The molecule has 0 saturated heterocycles. The molecule has 0 aliphatic carbocycles. The van der Waals surface area contributed by atoms with Crippen molar-refractivity contribution in [2.75, 3.05) is 0 Å². The Morgan fingerprint density at radius 2 is 1.88 bits per heavy atom. The molecule has 0 spiro atoms. The Labute approximate surface area is 60.5 Å². The van der Waals surface area contributed by atoms with Crippen molar-refractivity contribution in [1.29, 1.82) is 0 Å². The summed E-state index contributed by atoms with van der Waals surface area (Å²) in [5.74, 6) is 0. The van der Waals surface area contributed by atoms with Crippen molar-refractivity contribution in [1.82, 2.24) is 0 Å². The fourth-order valence-corrected chi connectivity index (χ4v) is 1.72. The summed E-state index contributed by atoms with van der Waals surface area (Å²) in [4.78, 5) is 0. The summed E-state index contributed by atoms with van der Waals surface area (Å²) in [6.45, 7) is 2.15. The second-order valence-electron chi connectivity index (χ2n) is 1.26. The van der Waals surface area contributed by atoms with Crippen LogP contribution in [0.5, 0.6) is 0 Å². The first-order chi connectivity index (χ1) is 2.91. The summed E-state index contributed by atoms with van der Waals surface area (Å²) in [7, 11) is 0. The third-order valence-electron chi connectivity index (χ3n) is 0.642. The molecule has 4 heteroatoms. The Balaban J connectivity index is -0.000000125. The second kappa shape index (κ2) is 15.6. The third kappa shape index (κ3) is 15.9. The first-order valence-electron chi connectivity index (χ1n) is 2.28. The van der Waals surface area contributed by atoms with Crippen molar-refractivity contribution in [3.63, 3.8) is 0 Å². The second-order valence-corrected chi connectivity index (χ2v) is 3.59. The molecule has 0 fully saturated rings. The summed E-state index contributed by atoms with van der Waals surface area (Å²) in [6, 6.07) is 0. The maximum absolute atomic E-state index is 8.37. The van der Waals surface area contributed by atoms with E-state index in [1.54, 1.807) is 0 Å². The van der Waals surface area contributed by atoms with Gasteiger partial charge < -0.3 is 11.0 Å². The molecule has 0 heterocycles. The van der Waals surface area contributed by atoms with E-state index in [9.17, 15) is 0 Å². The van der Waals surface area contributed by atoms with Crippen LogP contribution in [-0.2, 0) is 0 Å². The largest absolute Gasteiger partial charge is 0.870 e. The molecular weight excluding hydrogens is 215 g/mol. The average molecular weight is 227 g/mol. The molecule has 0 bridgehead atoms. The van der Waals surface area contributed by atoms with Crippen LogP contribution in [0.2, 0.25) is 4.44 Å². The summed E-state index contributed by atoms with van der Waals surface area (Å²) in [6.07, 6.45) is 2.48. The van der Waals surface area contributed by atoms with E-state index in [1.807, 2.05) is 0 Å². The number of hydrogen-bond acceptors (Lipinski definition) is 3. The molecule has 0 aromatic heterocycles. The molecular formula is C4H12O3Sn. The van der Waals surface area contributed by atoms with Crippen molar-refractivity contribution in [3.05, 3.63) is 0 Å². The van der Waals surface area contributed by atoms with Gasteiger partial charge in [0, 0.05) is 0 Å². The van der Waals surface area contributed by atoms with Gasteiger partial charge in [-0.25, -0.2) is 0 Å². The van der Waals surface area contributed by atoms with Crippen molar-refractivity contribution in [2.45, 2.75) is 24.2 Å². The van der Waals surface area contributed by atoms with Crippen LogP contribution >= 0.6 is 0 Å². The fourth-order valence-electron chi connectivity index (χ4n) is 0.256. The van der Waals surface area contributed by atoms with E-state index in [4.69, 9.17) is 3.44 Å². The van der Waals surface area contributed by atoms with Crippen LogP contribution in [-0.4, -0.2) is 36.0 Å². The van der Waals surface area contributed by atoms with Crippen molar-refractivity contribution in [2.24, 2.45) is 0 Å². The van der Waals surface area contributed by atoms with Crippen LogP contribution in [0.3, 0.4) is 0 Å². The number of rotatable bonds is 3. The molecule has 0 unspecified atom stereocenters. The van der Waals surface area contributed by atoms with Gasteiger partial charge in [0.15, 0.2) is 0 Å². The van der Waals surface area contributed by atoms with Gasteiger partial charge in [0.2, 0.25) is 0 Å². The van der Waals surface area contributed by atoms with E-state index in [0.717, 1.165) is 4.44 Å². The van der Waals surface area contributed by atoms with Gasteiger partial charge in [-0.3, -0.25) is 0 Å². The molecule has 3 N–H and O–H groups in total. The summed E-state index contributed by atoms with van der Waals surface area (Å²) >= 11 is -0.810. The topological polar surface area (TPSA) is 80.2 Å². The van der Waals surface area contributed by atoms with Gasteiger partial charge in [-0.05, 0) is 0 Å². The predicted molar refractivity (Wildman–Crippen MR) is 31.6 cm³/mol. The minimum Gasteiger partial charge on any atom is -0.870 e. The smallest absolute Gasteiger partial charge is 0.870 e. The monoisotopic (exact) mass is 228 g/mol. The number of unbranched alkanes of at least 4 members (excludes halogenated alkanes) is 1. The van der Waals surface area contributed by atoms with Gasteiger partial charge in [-0.1, -0.05) is 0 Å². The zero-order chi connectivity index (χ0) is 4.83. The molecule has 0 aliphatic rings. The molecule has 0 aliphatic heterocycles. The average Bonchev–Trinajstić information content (AvgIpc) is 1.61. The summed E-state index contributed by atoms with van der Waals surface area (Å²) < 4.78 is 9.51. The maximum atomic E-state index is 8.37. The van der Waals surface area contributed by atoms with Crippen molar-refractivity contribution < 1.29 is 14.4 Å². The summed E-state index contributed by atoms with van der Waals surface area (Å²) in [5, 5.41) is 0. The minimum absolute atomic E-state index is 0. The van der Waals surface area contributed by atoms with Crippen molar-refractivity contribution in [3.8, 4) is 0 Å². The number of hydrogen-bond donors (Lipinski definition) is 1. The van der Waals surface area contributed by atoms with Crippen LogP contribution in [0.25, 0.3) is 0 Å². The standard InChI is InChI=1S/C4H9.3H2O.Sn/c1-3-4-2;;;;/h1,3-4H2,2H3;3*1H2;/q;;;;+3/p-3. The van der Waals surface area contributed by atoms with Gasteiger partial charge in [-0.2, -0.15) is 0 Å². The molecule has 50 valence electrons. The molecule has 0 rings (SSSR count). The molecule has 0 saturated carbocycles. The van der Waals surface area contributed by atoms with Crippen LogP contribution in [0.1, 0.15) is 19.8 Å². The van der Waals surface area contributed by atoms with Crippen molar-refractivity contribution >= 4 is 21.6 Å². The molecule has 8 heavy (non-hydrogen) atoms. The van der Waals surface area contributed by atoms with Crippen LogP contribution < -0.4 is 0 Å². The molecule has 0 aromatic carbocycles. The SMILES string of the molecule is CCC[CH2][Sn+2][OH].[OH-].[OH-]. The minimum atomic E-state index is -0.810. The Hall–Kier alpha value is 0.679. The molecule has 0 amide bonds. The van der Waals surface area contributed by atoms with Crippen LogP contribution in [0.4, 0.5) is 0 Å². The first kappa shape index (κ1) is 15.9. The van der Waals surface area contributed by atoms with E-state index in [-0.39, 0.29) is 11.0 Å². The zero-order valence-corrected chi connectivity index (χ0v) is 7.82.